The molecule has 9 heteroatoms. The van der Waals surface area contributed by atoms with Gasteiger partial charge in [-0.05, 0) is 39.0 Å². The van der Waals surface area contributed by atoms with Crippen LogP contribution in [0.25, 0.3) is 0 Å². The van der Waals surface area contributed by atoms with Gasteiger partial charge >= 0.3 is 12.0 Å². The Bertz CT molecular complexity index is 817. The van der Waals surface area contributed by atoms with Crippen LogP contribution in [0.5, 0.6) is 0 Å². The standard InChI is InChI=1S/C17H19ClFN3O4/c1-17(2,3)22(8-14-21-13(9-26-14)15(23)25-4)16(24)20-10-5-6-12(19)11(18)7-10/h5-7,9H,8H2,1-4H3,(H,20,24). The van der Waals surface area contributed by atoms with E-state index >= 15 is 0 Å². The summed E-state index contributed by atoms with van der Waals surface area (Å²) >= 11 is 5.73. The molecule has 7 nitrogen and oxygen atoms in total. The van der Waals surface area contributed by atoms with Crippen LogP contribution in [0.4, 0.5) is 14.9 Å². The molecule has 2 amide bonds. The second-order valence-electron chi connectivity index (χ2n) is 6.43. The van der Waals surface area contributed by atoms with Gasteiger partial charge in [-0.3, -0.25) is 0 Å². The molecule has 0 aliphatic carbocycles. The van der Waals surface area contributed by atoms with Gasteiger partial charge < -0.3 is 19.4 Å². The van der Waals surface area contributed by atoms with Crippen LogP contribution in [0.15, 0.2) is 28.9 Å². The molecule has 0 aliphatic rings. The van der Waals surface area contributed by atoms with Gasteiger partial charge in [-0.25, -0.2) is 19.0 Å². The number of oxazole rings is 1. The van der Waals surface area contributed by atoms with E-state index in [2.05, 4.69) is 15.0 Å². The maximum atomic E-state index is 13.3. The second kappa shape index (κ2) is 7.74. The number of carbonyl (C=O) groups excluding carboxylic acids is 2. The van der Waals surface area contributed by atoms with Crippen LogP contribution in [0.3, 0.4) is 0 Å². The summed E-state index contributed by atoms with van der Waals surface area (Å²) in [5.74, 6) is -1.03. The lowest BCUT2D eigenvalue weighted by Crippen LogP contribution is -2.47. The molecule has 1 N–H and O–H groups in total. The molecule has 0 radical (unpaired) electrons. The number of halogens is 2. The number of nitrogens with zero attached hydrogens (tertiary/aromatic N) is 2. The van der Waals surface area contributed by atoms with Crippen LogP contribution < -0.4 is 5.32 Å². The Hall–Kier alpha value is -2.61. The van der Waals surface area contributed by atoms with Crippen molar-refractivity contribution in [2.45, 2.75) is 32.9 Å². The first-order valence-electron chi connectivity index (χ1n) is 7.68. The van der Waals surface area contributed by atoms with E-state index in [1.54, 1.807) is 0 Å². The highest BCUT2D eigenvalue weighted by atomic mass is 35.5. The van der Waals surface area contributed by atoms with Crippen molar-refractivity contribution in [3.63, 3.8) is 0 Å². The highest BCUT2D eigenvalue weighted by Crippen LogP contribution is 2.22. The second-order valence-corrected chi connectivity index (χ2v) is 6.84. The number of urea groups is 1. The number of methoxy groups -OCH3 is 1. The fourth-order valence-electron chi connectivity index (χ4n) is 2.10. The lowest BCUT2D eigenvalue weighted by Gasteiger charge is -2.34. The highest BCUT2D eigenvalue weighted by molar-refractivity contribution is 6.31. The number of esters is 1. The zero-order valence-corrected chi connectivity index (χ0v) is 15.6. The number of ether oxygens (including phenoxy) is 1. The minimum atomic E-state index is -0.632. The first-order valence-corrected chi connectivity index (χ1v) is 8.06. The molecule has 0 fully saturated rings. The lowest BCUT2D eigenvalue weighted by molar-refractivity contribution is 0.0594. The summed E-state index contributed by atoms with van der Waals surface area (Å²) in [4.78, 5) is 29.6. The van der Waals surface area contributed by atoms with E-state index < -0.39 is 23.4 Å². The first kappa shape index (κ1) is 19.7. The molecule has 0 bridgehead atoms. The topological polar surface area (TPSA) is 84.7 Å². The van der Waals surface area contributed by atoms with Crippen LogP contribution in [0.2, 0.25) is 5.02 Å². The summed E-state index contributed by atoms with van der Waals surface area (Å²) in [6.07, 6.45) is 1.17. The third-order valence-electron chi connectivity index (χ3n) is 3.47. The molecule has 0 saturated carbocycles. The van der Waals surface area contributed by atoms with E-state index in [-0.39, 0.29) is 23.2 Å². The largest absolute Gasteiger partial charge is 0.464 e. The zero-order chi connectivity index (χ0) is 19.5. The Balaban J connectivity index is 2.18. The van der Waals surface area contributed by atoms with Gasteiger partial charge in [-0.2, -0.15) is 0 Å². The van der Waals surface area contributed by atoms with Crippen LogP contribution >= 0.6 is 11.6 Å². The molecule has 2 rings (SSSR count). The summed E-state index contributed by atoms with van der Waals surface area (Å²) in [5, 5.41) is 2.56. The van der Waals surface area contributed by atoms with Crippen LogP contribution in [0, 0.1) is 5.82 Å². The number of amides is 2. The Morgan fingerprint density at radius 3 is 2.65 bits per heavy atom. The van der Waals surface area contributed by atoms with Crippen molar-refractivity contribution < 1.29 is 23.1 Å². The van der Waals surface area contributed by atoms with Gasteiger partial charge in [0.1, 0.15) is 12.1 Å². The van der Waals surface area contributed by atoms with Crippen molar-refractivity contribution >= 4 is 29.3 Å². The van der Waals surface area contributed by atoms with Gasteiger partial charge in [0.15, 0.2) is 5.69 Å². The summed E-state index contributed by atoms with van der Waals surface area (Å²) in [6, 6.07) is 3.42. The number of carbonyl (C=O) groups is 2. The number of rotatable bonds is 4. The summed E-state index contributed by atoms with van der Waals surface area (Å²) in [7, 11) is 1.24. The normalized spacial score (nSPS) is 11.2. The van der Waals surface area contributed by atoms with E-state index in [4.69, 9.17) is 16.0 Å². The van der Waals surface area contributed by atoms with Crippen molar-refractivity contribution in [1.82, 2.24) is 9.88 Å². The molecular weight excluding hydrogens is 365 g/mol. The van der Waals surface area contributed by atoms with E-state index in [0.717, 1.165) is 6.07 Å². The molecule has 0 saturated heterocycles. The molecular formula is C17H19ClFN3O4. The minimum absolute atomic E-state index is 0.0151. The van der Waals surface area contributed by atoms with Crippen LogP contribution in [-0.4, -0.2) is 34.5 Å². The van der Waals surface area contributed by atoms with Gasteiger partial charge in [0.2, 0.25) is 5.89 Å². The number of nitrogens with one attached hydrogen (secondary N) is 1. The fourth-order valence-corrected chi connectivity index (χ4v) is 2.28. The van der Waals surface area contributed by atoms with E-state index in [9.17, 15) is 14.0 Å². The molecule has 140 valence electrons. The van der Waals surface area contributed by atoms with Crippen LogP contribution in [0.1, 0.15) is 37.2 Å². The maximum Gasteiger partial charge on any atom is 0.360 e. The average molecular weight is 384 g/mol. The number of hydrogen-bond donors (Lipinski definition) is 1. The van der Waals surface area contributed by atoms with Gasteiger partial charge in [0.25, 0.3) is 0 Å². The van der Waals surface area contributed by atoms with E-state index in [1.165, 1.54) is 30.4 Å². The molecule has 0 spiro atoms. The SMILES string of the molecule is COC(=O)c1coc(CN(C(=O)Nc2ccc(F)c(Cl)c2)C(C)(C)C)n1. The van der Waals surface area contributed by atoms with Crippen molar-refractivity contribution in [2.75, 3.05) is 12.4 Å². The summed E-state index contributed by atoms with van der Waals surface area (Å²) in [5.41, 5.74) is -0.228. The van der Waals surface area contributed by atoms with Gasteiger partial charge in [-0.1, -0.05) is 11.6 Å². The highest BCUT2D eigenvalue weighted by Gasteiger charge is 2.29. The summed E-state index contributed by atoms with van der Waals surface area (Å²) in [6.45, 7) is 5.50. The lowest BCUT2D eigenvalue weighted by atomic mass is 10.1. The van der Waals surface area contributed by atoms with Crippen molar-refractivity contribution in [3.05, 3.63) is 46.9 Å². The predicted octanol–water partition coefficient (Wildman–Crippen LogP) is 4.09. The number of anilines is 1. The first-order chi connectivity index (χ1) is 12.1. The van der Waals surface area contributed by atoms with E-state index in [0.29, 0.717) is 5.69 Å². The van der Waals surface area contributed by atoms with Gasteiger partial charge in [-0.15, -0.1) is 0 Å². The zero-order valence-electron chi connectivity index (χ0n) is 14.8. The quantitative estimate of drug-likeness (QED) is 0.804. The monoisotopic (exact) mass is 383 g/mol. The minimum Gasteiger partial charge on any atom is -0.464 e. The molecule has 1 aromatic carbocycles. The Kier molecular flexibility index (Phi) is 5.86. The Morgan fingerprint density at radius 2 is 2.08 bits per heavy atom. The molecule has 0 unspecified atom stereocenters. The number of hydrogen-bond acceptors (Lipinski definition) is 5. The molecule has 0 atom stereocenters. The van der Waals surface area contributed by atoms with Crippen molar-refractivity contribution in [1.29, 1.82) is 0 Å². The Morgan fingerprint density at radius 1 is 1.38 bits per heavy atom. The molecule has 1 heterocycles. The van der Waals surface area contributed by atoms with Crippen molar-refractivity contribution in [3.8, 4) is 0 Å². The Labute approximate surface area is 155 Å². The number of aromatic nitrogens is 1. The predicted molar refractivity (Wildman–Crippen MR) is 93.6 cm³/mol. The number of benzene rings is 1. The van der Waals surface area contributed by atoms with E-state index in [1.807, 2.05) is 20.8 Å². The maximum absolute atomic E-state index is 13.3. The van der Waals surface area contributed by atoms with Gasteiger partial charge in [0.05, 0.1) is 18.7 Å². The molecule has 0 aliphatic heterocycles. The molecule has 1 aromatic heterocycles. The summed E-state index contributed by atoms with van der Waals surface area (Å²) < 4.78 is 23.1. The van der Waals surface area contributed by atoms with Crippen LogP contribution in [-0.2, 0) is 11.3 Å². The third kappa shape index (κ3) is 4.72. The smallest absolute Gasteiger partial charge is 0.360 e. The van der Waals surface area contributed by atoms with Gasteiger partial charge in [0, 0.05) is 11.2 Å². The average Bonchev–Trinajstić information content (AvgIpc) is 3.03. The molecule has 26 heavy (non-hydrogen) atoms. The van der Waals surface area contributed by atoms with Crippen molar-refractivity contribution in [2.24, 2.45) is 0 Å². The third-order valence-corrected chi connectivity index (χ3v) is 3.76. The molecule has 2 aromatic rings. The fraction of sp³-hybridized carbons (Fsp3) is 0.353.